The van der Waals surface area contributed by atoms with Crippen molar-refractivity contribution in [3.05, 3.63) is 53.6 Å². The SMILES string of the molecule is CCCS(=O)(=O)Nc1ccc(NC(=O)C2(S(=O)(=O)c3cc(C)ccc3C)CCCC2)cc1. The normalized spacial score (nSPS) is 16.0. The van der Waals surface area contributed by atoms with Crippen molar-refractivity contribution in [3.8, 4) is 0 Å². The first-order valence-corrected chi connectivity index (χ1v) is 13.9. The molecule has 0 bridgehead atoms. The summed E-state index contributed by atoms with van der Waals surface area (Å²) in [5.41, 5.74) is 2.24. The molecule has 9 heteroatoms. The van der Waals surface area contributed by atoms with Crippen LogP contribution in [0.2, 0.25) is 0 Å². The van der Waals surface area contributed by atoms with E-state index in [1.807, 2.05) is 13.0 Å². The van der Waals surface area contributed by atoms with Gasteiger partial charge in [0.1, 0.15) is 0 Å². The van der Waals surface area contributed by atoms with E-state index in [-0.39, 0.29) is 23.5 Å². The number of hydrogen-bond donors (Lipinski definition) is 2. The van der Waals surface area contributed by atoms with Gasteiger partial charge in [-0.2, -0.15) is 0 Å². The Bertz CT molecular complexity index is 1200. The molecule has 0 unspecified atom stereocenters. The number of carbonyl (C=O) groups is 1. The highest BCUT2D eigenvalue weighted by molar-refractivity contribution is 7.93. The first-order chi connectivity index (χ1) is 15.0. The topological polar surface area (TPSA) is 109 Å². The number of rotatable bonds is 8. The molecule has 0 spiro atoms. The molecule has 174 valence electrons. The van der Waals surface area contributed by atoms with Crippen molar-refractivity contribution in [2.75, 3.05) is 15.8 Å². The summed E-state index contributed by atoms with van der Waals surface area (Å²) in [6.45, 7) is 5.35. The van der Waals surface area contributed by atoms with Crippen LogP contribution in [0, 0.1) is 13.8 Å². The molecular formula is C23H30N2O5S2. The Morgan fingerprint density at radius 1 is 0.938 bits per heavy atom. The maximum Gasteiger partial charge on any atom is 0.246 e. The van der Waals surface area contributed by atoms with Crippen LogP contribution >= 0.6 is 0 Å². The Kier molecular flexibility index (Phi) is 7.00. The standard InChI is InChI=1S/C23H30N2O5S2/c1-4-15-31(27,28)25-20-11-9-19(10-12-20)24-22(26)23(13-5-6-14-23)32(29,30)21-16-17(2)7-8-18(21)3/h7-12,16,25H,4-6,13-15H2,1-3H3,(H,24,26). The molecule has 2 N–H and O–H groups in total. The zero-order valence-corrected chi connectivity index (χ0v) is 20.3. The van der Waals surface area contributed by atoms with Gasteiger partial charge in [-0.1, -0.05) is 31.9 Å². The number of nitrogens with one attached hydrogen (secondary N) is 2. The molecule has 1 aliphatic rings. The van der Waals surface area contributed by atoms with Crippen molar-refractivity contribution < 1.29 is 21.6 Å². The van der Waals surface area contributed by atoms with E-state index in [0.717, 1.165) is 5.56 Å². The minimum atomic E-state index is -3.92. The summed E-state index contributed by atoms with van der Waals surface area (Å²) in [4.78, 5) is 13.6. The Morgan fingerprint density at radius 3 is 2.12 bits per heavy atom. The van der Waals surface area contributed by atoms with E-state index in [2.05, 4.69) is 10.0 Å². The predicted molar refractivity (Wildman–Crippen MR) is 127 cm³/mol. The second-order valence-electron chi connectivity index (χ2n) is 8.43. The second-order valence-corrected chi connectivity index (χ2v) is 12.5. The summed E-state index contributed by atoms with van der Waals surface area (Å²) in [6, 6.07) is 11.5. The zero-order chi connectivity index (χ0) is 23.6. The fourth-order valence-corrected chi connectivity index (χ4v) is 7.65. The molecule has 0 saturated heterocycles. The highest BCUT2D eigenvalue weighted by Crippen LogP contribution is 2.42. The van der Waals surface area contributed by atoms with Crippen molar-refractivity contribution in [3.63, 3.8) is 0 Å². The van der Waals surface area contributed by atoms with Crippen molar-refractivity contribution in [1.82, 2.24) is 0 Å². The first-order valence-electron chi connectivity index (χ1n) is 10.7. The lowest BCUT2D eigenvalue weighted by molar-refractivity contribution is -0.118. The summed E-state index contributed by atoms with van der Waals surface area (Å²) in [6.07, 6.45) is 2.36. The third kappa shape index (κ3) is 4.83. The summed E-state index contributed by atoms with van der Waals surface area (Å²) < 4.78 is 52.2. The number of sulfone groups is 1. The van der Waals surface area contributed by atoms with Gasteiger partial charge >= 0.3 is 0 Å². The van der Waals surface area contributed by atoms with Gasteiger partial charge in [0.2, 0.25) is 15.9 Å². The Labute approximate surface area is 190 Å². The number of sulfonamides is 1. The highest BCUT2D eigenvalue weighted by atomic mass is 32.2. The van der Waals surface area contributed by atoms with Crippen LogP contribution in [0.4, 0.5) is 11.4 Å². The minimum Gasteiger partial charge on any atom is -0.325 e. The van der Waals surface area contributed by atoms with E-state index in [4.69, 9.17) is 0 Å². The number of amides is 1. The largest absolute Gasteiger partial charge is 0.325 e. The summed E-state index contributed by atoms with van der Waals surface area (Å²) >= 11 is 0. The summed E-state index contributed by atoms with van der Waals surface area (Å²) in [5, 5.41) is 2.75. The molecule has 32 heavy (non-hydrogen) atoms. The Morgan fingerprint density at radius 2 is 1.53 bits per heavy atom. The van der Waals surface area contributed by atoms with Crippen LogP contribution in [0.3, 0.4) is 0 Å². The fraction of sp³-hybridized carbons (Fsp3) is 0.435. The molecule has 0 aliphatic heterocycles. The smallest absolute Gasteiger partial charge is 0.246 e. The molecule has 7 nitrogen and oxygen atoms in total. The van der Waals surface area contributed by atoms with E-state index in [1.54, 1.807) is 50.2 Å². The van der Waals surface area contributed by atoms with Crippen LogP contribution in [-0.2, 0) is 24.7 Å². The molecule has 1 amide bonds. The molecule has 2 aromatic rings. The third-order valence-electron chi connectivity index (χ3n) is 5.86. The van der Waals surface area contributed by atoms with Crippen LogP contribution in [0.15, 0.2) is 47.4 Å². The number of hydrogen-bond acceptors (Lipinski definition) is 5. The van der Waals surface area contributed by atoms with Crippen LogP contribution < -0.4 is 10.0 Å². The number of carbonyl (C=O) groups excluding carboxylic acids is 1. The van der Waals surface area contributed by atoms with E-state index in [9.17, 15) is 21.6 Å². The second kappa shape index (κ2) is 9.23. The van der Waals surface area contributed by atoms with Gasteiger partial charge in [0, 0.05) is 11.4 Å². The highest BCUT2D eigenvalue weighted by Gasteiger charge is 2.53. The van der Waals surface area contributed by atoms with Gasteiger partial charge in [-0.05, 0) is 74.6 Å². The number of aryl methyl sites for hydroxylation is 2. The lowest BCUT2D eigenvalue weighted by Crippen LogP contribution is -2.47. The molecule has 0 heterocycles. The number of benzene rings is 2. The van der Waals surface area contributed by atoms with E-state index >= 15 is 0 Å². The minimum absolute atomic E-state index is 0.0181. The molecule has 2 aromatic carbocycles. The van der Waals surface area contributed by atoms with Crippen LogP contribution in [0.25, 0.3) is 0 Å². The molecule has 1 fully saturated rings. The molecule has 0 radical (unpaired) electrons. The average Bonchev–Trinajstić information content (AvgIpc) is 3.23. The monoisotopic (exact) mass is 478 g/mol. The summed E-state index contributed by atoms with van der Waals surface area (Å²) in [5.74, 6) is -0.528. The van der Waals surface area contributed by atoms with Gasteiger partial charge in [-0.25, -0.2) is 16.8 Å². The average molecular weight is 479 g/mol. The van der Waals surface area contributed by atoms with Crippen molar-refractivity contribution in [2.24, 2.45) is 0 Å². The lowest BCUT2D eigenvalue weighted by atomic mass is 10.1. The first kappa shape index (κ1) is 24.3. The maximum atomic E-state index is 13.7. The van der Waals surface area contributed by atoms with Gasteiger partial charge in [-0.15, -0.1) is 0 Å². The van der Waals surface area contributed by atoms with Gasteiger partial charge in [-0.3, -0.25) is 9.52 Å². The quantitative estimate of drug-likeness (QED) is 0.591. The van der Waals surface area contributed by atoms with Crippen LogP contribution in [-0.4, -0.2) is 33.2 Å². The van der Waals surface area contributed by atoms with Gasteiger partial charge in [0.25, 0.3) is 0 Å². The lowest BCUT2D eigenvalue weighted by Gasteiger charge is -2.28. The van der Waals surface area contributed by atoms with Crippen molar-refractivity contribution in [1.29, 1.82) is 0 Å². The number of anilines is 2. The molecule has 0 atom stereocenters. The molecule has 1 aliphatic carbocycles. The molecular weight excluding hydrogens is 448 g/mol. The van der Waals surface area contributed by atoms with Gasteiger partial charge < -0.3 is 5.32 Å². The van der Waals surface area contributed by atoms with Crippen molar-refractivity contribution in [2.45, 2.75) is 62.5 Å². The Balaban J connectivity index is 1.87. The van der Waals surface area contributed by atoms with Gasteiger partial charge in [0.05, 0.1) is 10.6 Å². The third-order valence-corrected chi connectivity index (χ3v) is 10.00. The van der Waals surface area contributed by atoms with E-state index in [1.165, 1.54) is 0 Å². The van der Waals surface area contributed by atoms with E-state index < -0.39 is 30.5 Å². The molecule has 0 aromatic heterocycles. The maximum absolute atomic E-state index is 13.7. The van der Waals surface area contributed by atoms with Crippen molar-refractivity contribution >= 4 is 37.1 Å². The Hall–Kier alpha value is -2.39. The van der Waals surface area contributed by atoms with Crippen LogP contribution in [0.1, 0.15) is 50.2 Å². The van der Waals surface area contributed by atoms with Crippen LogP contribution in [0.5, 0.6) is 0 Å². The fourth-order valence-electron chi connectivity index (χ4n) is 4.14. The van der Waals surface area contributed by atoms with E-state index in [0.29, 0.717) is 36.2 Å². The zero-order valence-electron chi connectivity index (χ0n) is 18.6. The summed E-state index contributed by atoms with van der Waals surface area (Å²) in [7, 11) is -7.33. The van der Waals surface area contributed by atoms with Gasteiger partial charge in [0.15, 0.2) is 14.6 Å². The predicted octanol–water partition coefficient (Wildman–Crippen LogP) is 4.18. The molecule has 1 saturated carbocycles. The molecule has 3 rings (SSSR count).